The molecule has 2 aromatic heterocycles. The maximum atomic E-state index is 13.0. The van der Waals surface area contributed by atoms with Gasteiger partial charge < -0.3 is 16.0 Å². The number of aromatic nitrogens is 3. The van der Waals surface area contributed by atoms with Crippen molar-refractivity contribution < 1.29 is 9.59 Å². The molecule has 0 aliphatic rings. The van der Waals surface area contributed by atoms with Gasteiger partial charge in [0.2, 0.25) is 0 Å². The molecule has 0 aliphatic carbocycles. The number of hydrogen-bond acceptors (Lipinski definition) is 3. The van der Waals surface area contributed by atoms with Gasteiger partial charge in [0, 0.05) is 23.6 Å². The van der Waals surface area contributed by atoms with Gasteiger partial charge in [0.05, 0.1) is 5.69 Å². The SMILES string of the molecule is Cc1ccc(-n2cnc(C(N)=O)c2C(=O)NCCc2c[nH]c3ccccc23)c(C)c1. The number of fused-ring (bicyclic) bond motifs is 1. The number of primary amides is 1. The minimum atomic E-state index is -0.736. The maximum Gasteiger partial charge on any atom is 0.270 e. The van der Waals surface area contributed by atoms with Crippen LogP contribution in [0, 0.1) is 13.8 Å². The molecular formula is C23H23N5O2. The number of hydrogen-bond donors (Lipinski definition) is 3. The number of nitrogens with two attached hydrogens (primary N) is 1. The summed E-state index contributed by atoms with van der Waals surface area (Å²) in [6, 6.07) is 13.9. The first-order chi connectivity index (χ1) is 14.5. The van der Waals surface area contributed by atoms with Crippen LogP contribution >= 0.6 is 0 Å². The molecule has 2 amide bonds. The molecule has 4 rings (SSSR count). The minimum absolute atomic E-state index is 0.0421. The van der Waals surface area contributed by atoms with Crippen molar-refractivity contribution in [2.75, 3.05) is 6.54 Å². The number of para-hydroxylation sites is 1. The zero-order valence-corrected chi connectivity index (χ0v) is 16.9. The Kier molecular flexibility index (Phi) is 5.10. The van der Waals surface area contributed by atoms with E-state index in [0.29, 0.717) is 13.0 Å². The highest BCUT2D eigenvalue weighted by Crippen LogP contribution is 2.21. The number of imidazole rings is 1. The number of carbonyl (C=O) groups excluding carboxylic acids is 2. The first-order valence-electron chi connectivity index (χ1n) is 9.73. The minimum Gasteiger partial charge on any atom is -0.364 e. The summed E-state index contributed by atoms with van der Waals surface area (Å²) in [5.41, 5.74) is 10.6. The van der Waals surface area contributed by atoms with Crippen molar-refractivity contribution in [2.45, 2.75) is 20.3 Å². The second-order valence-corrected chi connectivity index (χ2v) is 7.33. The zero-order valence-electron chi connectivity index (χ0n) is 16.9. The van der Waals surface area contributed by atoms with Crippen molar-refractivity contribution in [1.82, 2.24) is 19.9 Å². The molecule has 4 N–H and O–H groups in total. The third-order valence-corrected chi connectivity index (χ3v) is 5.18. The molecular weight excluding hydrogens is 378 g/mol. The Bertz CT molecular complexity index is 1250. The van der Waals surface area contributed by atoms with Gasteiger partial charge in [0.25, 0.3) is 11.8 Å². The van der Waals surface area contributed by atoms with E-state index in [2.05, 4.69) is 15.3 Å². The second-order valence-electron chi connectivity index (χ2n) is 7.33. The van der Waals surface area contributed by atoms with E-state index in [-0.39, 0.29) is 17.3 Å². The molecule has 0 atom stereocenters. The van der Waals surface area contributed by atoms with E-state index in [1.165, 1.54) is 6.33 Å². The van der Waals surface area contributed by atoms with Crippen molar-refractivity contribution in [3.63, 3.8) is 0 Å². The number of amides is 2. The average Bonchev–Trinajstić information content (AvgIpc) is 3.33. The summed E-state index contributed by atoms with van der Waals surface area (Å²) in [5.74, 6) is -1.12. The fourth-order valence-electron chi connectivity index (χ4n) is 3.74. The molecule has 7 heteroatoms. The molecule has 0 aliphatic heterocycles. The van der Waals surface area contributed by atoms with Crippen LogP contribution in [0.5, 0.6) is 0 Å². The number of carbonyl (C=O) groups is 2. The quantitative estimate of drug-likeness (QED) is 0.462. The van der Waals surface area contributed by atoms with Crippen molar-refractivity contribution in [3.05, 3.63) is 83.1 Å². The van der Waals surface area contributed by atoms with E-state index in [1.54, 1.807) is 4.57 Å². The standard InChI is InChI=1S/C23H23N5O2/c1-14-7-8-19(15(2)11-14)28-13-27-20(22(24)29)21(28)23(30)25-10-9-16-12-26-18-6-4-3-5-17(16)18/h3-8,11-13,26H,9-10H2,1-2H3,(H2,24,29)(H,25,30). The van der Waals surface area contributed by atoms with Crippen molar-refractivity contribution in [1.29, 1.82) is 0 Å². The third-order valence-electron chi connectivity index (χ3n) is 5.18. The Labute approximate surface area is 173 Å². The summed E-state index contributed by atoms with van der Waals surface area (Å²) in [7, 11) is 0. The van der Waals surface area contributed by atoms with E-state index in [9.17, 15) is 9.59 Å². The predicted octanol–water partition coefficient (Wildman–Crippen LogP) is 3.04. The molecule has 30 heavy (non-hydrogen) atoms. The van der Waals surface area contributed by atoms with Crippen LogP contribution in [0.4, 0.5) is 0 Å². The molecule has 152 valence electrons. The molecule has 0 spiro atoms. The molecule has 4 aromatic rings. The molecule has 2 aromatic carbocycles. The van der Waals surface area contributed by atoms with E-state index in [4.69, 9.17) is 5.73 Å². The Morgan fingerprint density at radius 2 is 1.97 bits per heavy atom. The number of aromatic amines is 1. The smallest absolute Gasteiger partial charge is 0.270 e. The van der Waals surface area contributed by atoms with Gasteiger partial charge in [-0.05, 0) is 43.5 Å². The van der Waals surface area contributed by atoms with E-state index >= 15 is 0 Å². The summed E-state index contributed by atoms with van der Waals surface area (Å²) >= 11 is 0. The van der Waals surface area contributed by atoms with Gasteiger partial charge in [-0.3, -0.25) is 14.2 Å². The summed E-state index contributed by atoms with van der Waals surface area (Å²) in [5, 5.41) is 4.03. The maximum absolute atomic E-state index is 13.0. The number of H-pyrrole nitrogens is 1. The Balaban J connectivity index is 1.58. The second kappa shape index (κ2) is 7.87. The Hall–Kier alpha value is -3.87. The van der Waals surface area contributed by atoms with Crippen LogP contribution in [0.3, 0.4) is 0 Å². The first kappa shape index (κ1) is 19.4. The largest absolute Gasteiger partial charge is 0.364 e. The van der Waals surface area contributed by atoms with Gasteiger partial charge in [-0.25, -0.2) is 4.98 Å². The highest BCUT2D eigenvalue weighted by atomic mass is 16.2. The highest BCUT2D eigenvalue weighted by molar-refractivity contribution is 6.04. The zero-order chi connectivity index (χ0) is 21.3. The van der Waals surface area contributed by atoms with Crippen molar-refractivity contribution in [3.8, 4) is 5.69 Å². The number of nitrogens with zero attached hydrogens (tertiary/aromatic N) is 2. The Morgan fingerprint density at radius 3 is 2.73 bits per heavy atom. The lowest BCUT2D eigenvalue weighted by Crippen LogP contribution is -2.30. The van der Waals surface area contributed by atoms with Gasteiger partial charge in [0.15, 0.2) is 5.69 Å². The van der Waals surface area contributed by atoms with Gasteiger partial charge in [-0.15, -0.1) is 0 Å². The normalized spacial score (nSPS) is 11.0. The monoisotopic (exact) mass is 401 g/mol. The summed E-state index contributed by atoms with van der Waals surface area (Å²) in [4.78, 5) is 32.2. The molecule has 0 radical (unpaired) electrons. The summed E-state index contributed by atoms with van der Waals surface area (Å²) in [6.07, 6.45) is 4.07. The van der Waals surface area contributed by atoms with E-state index in [1.807, 2.05) is 62.5 Å². The third kappa shape index (κ3) is 3.57. The van der Waals surface area contributed by atoms with Crippen LogP contribution in [0.15, 0.2) is 55.0 Å². The molecule has 0 saturated heterocycles. The lowest BCUT2D eigenvalue weighted by molar-refractivity contribution is 0.0929. The predicted molar refractivity (Wildman–Crippen MR) is 116 cm³/mol. The molecule has 0 fully saturated rings. The molecule has 7 nitrogen and oxygen atoms in total. The van der Waals surface area contributed by atoms with Gasteiger partial charge in [-0.2, -0.15) is 0 Å². The number of aryl methyl sites for hydroxylation is 2. The number of benzene rings is 2. The lowest BCUT2D eigenvalue weighted by Gasteiger charge is -2.13. The fraction of sp³-hybridized carbons (Fsp3) is 0.174. The molecule has 0 unspecified atom stereocenters. The topological polar surface area (TPSA) is 106 Å². The van der Waals surface area contributed by atoms with Gasteiger partial charge in [-0.1, -0.05) is 35.9 Å². The van der Waals surface area contributed by atoms with Crippen molar-refractivity contribution >= 4 is 22.7 Å². The number of rotatable bonds is 6. The number of nitrogens with one attached hydrogen (secondary N) is 2. The summed E-state index contributed by atoms with van der Waals surface area (Å²) < 4.78 is 1.62. The molecule has 2 heterocycles. The fourth-order valence-corrected chi connectivity index (χ4v) is 3.74. The van der Waals surface area contributed by atoms with Gasteiger partial charge in [0.1, 0.15) is 12.0 Å². The highest BCUT2D eigenvalue weighted by Gasteiger charge is 2.23. The van der Waals surface area contributed by atoms with E-state index < -0.39 is 5.91 Å². The average molecular weight is 401 g/mol. The lowest BCUT2D eigenvalue weighted by atomic mass is 10.1. The van der Waals surface area contributed by atoms with Crippen LogP contribution in [0.1, 0.15) is 37.7 Å². The van der Waals surface area contributed by atoms with Crippen molar-refractivity contribution in [2.24, 2.45) is 5.73 Å². The molecule has 0 saturated carbocycles. The van der Waals surface area contributed by atoms with Crippen LogP contribution in [-0.4, -0.2) is 32.9 Å². The summed E-state index contributed by atoms with van der Waals surface area (Å²) in [6.45, 7) is 4.36. The first-order valence-corrected chi connectivity index (χ1v) is 9.73. The van der Waals surface area contributed by atoms with Crippen LogP contribution in [0.2, 0.25) is 0 Å². The van der Waals surface area contributed by atoms with Crippen LogP contribution in [-0.2, 0) is 6.42 Å². The van der Waals surface area contributed by atoms with Crippen LogP contribution < -0.4 is 11.1 Å². The molecule has 0 bridgehead atoms. The van der Waals surface area contributed by atoms with E-state index in [0.717, 1.165) is 33.3 Å². The Morgan fingerprint density at radius 1 is 1.17 bits per heavy atom. The van der Waals surface area contributed by atoms with Crippen LogP contribution in [0.25, 0.3) is 16.6 Å². The van der Waals surface area contributed by atoms with Gasteiger partial charge >= 0.3 is 0 Å².